The lowest BCUT2D eigenvalue weighted by Gasteiger charge is -2.14. The molecule has 0 heterocycles. The molecule has 1 amide bonds. The number of hydrogen-bond acceptors (Lipinski definition) is 2. The average molecular weight is 332 g/mol. The predicted octanol–water partition coefficient (Wildman–Crippen LogP) is 5.09. The van der Waals surface area contributed by atoms with E-state index in [2.05, 4.69) is 5.32 Å². The van der Waals surface area contributed by atoms with E-state index in [4.69, 9.17) is 16.3 Å². The third-order valence-electron chi connectivity index (χ3n) is 3.31. The number of carbonyl (C=O) groups is 1. The maximum atomic E-state index is 12.1. The molecule has 0 unspecified atom stereocenters. The van der Waals surface area contributed by atoms with Gasteiger partial charge in [0.25, 0.3) is 0 Å². The molecule has 0 aliphatic rings. The quantitative estimate of drug-likeness (QED) is 0.767. The Hall–Kier alpha value is -2.00. The summed E-state index contributed by atoms with van der Waals surface area (Å²) >= 11 is 5.86. The summed E-state index contributed by atoms with van der Waals surface area (Å²) < 4.78 is 5.70. The molecule has 0 saturated carbocycles. The van der Waals surface area contributed by atoms with Crippen molar-refractivity contribution >= 4 is 23.2 Å². The van der Waals surface area contributed by atoms with Crippen LogP contribution in [0, 0.1) is 0 Å². The van der Waals surface area contributed by atoms with Crippen molar-refractivity contribution < 1.29 is 9.53 Å². The van der Waals surface area contributed by atoms with Crippen molar-refractivity contribution in [3.05, 3.63) is 59.1 Å². The number of amides is 1. The van der Waals surface area contributed by atoms with Gasteiger partial charge in [0.05, 0.1) is 11.8 Å². The summed E-state index contributed by atoms with van der Waals surface area (Å²) in [6, 6.07) is 15.2. The number of aryl methyl sites for hydroxylation is 1. The first-order chi connectivity index (χ1) is 11.0. The molecule has 4 heteroatoms. The van der Waals surface area contributed by atoms with Gasteiger partial charge in [-0.05, 0) is 56.5 Å². The number of anilines is 1. The fourth-order valence-electron chi connectivity index (χ4n) is 2.24. The Balaban J connectivity index is 1.84. The smallest absolute Gasteiger partial charge is 0.224 e. The minimum Gasteiger partial charge on any atom is -0.489 e. The number of carbonyl (C=O) groups excluding carboxylic acids is 1. The van der Waals surface area contributed by atoms with Crippen LogP contribution in [0.1, 0.15) is 32.3 Å². The van der Waals surface area contributed by atoms with Gasteiger partial charge in [0.1, 0.15) is 5.75 Å². The summed E-state index contributed by atoms with van der Waals surface area (Å²) in [4.78, 5) is 12.1. The predicted molar refractivity (Wildman–Crippen MR) is 95.2 cm³/mol. The SMILES string of the molecule is CC(C)Oc1ccccc1NC(=O)CCCc1ccc(Cl)cc1. The molecular formula is C19H22ClNO2. The second-order valence-electron chi connectivity index (χ2n) is 5.69. The zero-order valence-corrected chi connectivity index (χ0v) is 14.3. The first-order valence-electron chi connectivity index (χ1n) is 7.84. The summed E-state index contributed by atoms with van der Waals surface area (Å²) in [6.07, 6.45) is 2.19. The lowest BCUT2D eigenvalue weighted by Crippen LogP contribution is -2.14. The van der Waals surface area contributed by atoms with Gasteiger partial charge in [0.15, 0.2) is 0 Å². The normalized spacial score (nSPS) is 10.6. The molecule has 0 radical (unpaired) electrons. The molecule has 2 rings (SSSR count). The highest BCUT2D eigenvalue weighted by Gasteiger charge is 2.08. The van der Waals surface area contributed by atoms with E-state index >= 15 is 0 Å². The van der Waals surface area contributed by atoms with Gasteiger partial charge < -0.3 is 10.1 Å². The van der Waals surface area contributed by atoms with Gasteiger partial charge in [0.2, 0.25) is 5.91 Å². The Morgan fingerprint density at radius 3 is 2.52 bits per heavy atom. The van der Waals surface area contributed by atoms with Crippen LogP contribution in [0.25, 0.3) is 0 Å². The van der Waals surface area contributed by atoms with Crippen LogP contribution in [0.5, 0.6) is 5.75 Å². The van der Waals surface area contributed by atoms with E-state index in [1.165, 1.54) is 5.56 Å². The van der Waals surface area contributed by atoms with Crippen LogP contribution >= 0.6 is 11.6 Å². The first-order valence-corrected chi connectivity index (χ1v) is 8.22. The van der Waals surface area contributed by atoms with Crippen LogP contribution in [0.2, 0.25) is 5.02 Å². The molecule has 23 heavy (non-hydrogen) atoms. The van der Waals surface area contributed by atoms with Crippen molar-refractivity contribution in [2.24, 2.45) is 0 Å². The van der Waals surface area contributed by atoms with Crippen LogP contribution in [0.3, 0.4) is 0 Å². The molecule has 0 bridgehead atoms. The molecule has 0 atom stereocenters. The molecule has 3 nitrogen and oxygen atoms in total. The Labute approximate surface area is 142 Å². The molecule has 1 N–H and O–H groups in total. The van der Waals surface area contributed by atoms with Gasteiger partial charge in [-0.3, -0.25) is 4.79 Å². The lowest BCUT2D eigenvalue weighted by atomic mass is 10.1. The molecule has 0 aliphatic heterocycles. The van der Waals surface area contributed by atoms with E-state index in [-0.39, 0.29) is 12.0 Å². The van der Waals surface area contributed by atoms with Gasteiger partial charge in [-0.25, -0.2) is 0 Å². The largest absolute Gasteiger partial charge is 0.489 e. The zero-order valence-electron chi connectivity index (χ0n) is 13.5. The summed E-state index contributed by atoms with van der Waals surface area (Å²) in [7, 11) is 0. The van der Waals surface area contributed by atoms with Gasteiger partial charge in [-0.15, -0.1) is 0 Å². The average Bonchev–Trinajstić information content (AvgIpc) is 2.51. The third kappa shape index (κ3) is 5.95. The standard InChI is InChI=1S/C19H22ClNO2/c1-14(2)23-18-8-4-3-7-17(18)21-19(22)9-5-6-15-10-12-16(20)13-11-15/h3-4,7-8,10-14H,5-6,9H2,1-2H3,(H,21,22). The second kappa shape index (κ2) is 8.59. The van der Waals surface area contributed by atoms with Gasteiger partial charge in [-0.2, -0.15) is 0 Å². The van der Waals surface area contributed by atoms with Crippen molar-refractivity contribution in [2.75, 3.05) is 5.32 Å². The number of ether oxygens (including phenoxy) is 1. The van der Waals surface area contributed by atoms with Crippen molar-refractivity contribution in [3.63, 3.8) is 0 Å². The number of rotatable bonds is 7. The Morgan fingerprint density at radius 2 is 1.83 bits per heavy atom. The number of benzene rings is 2. The van der Waals surface area contributed by atoms with Crippen LogP contribution in [-0.2, 0) is 11.2 Å². The summed E-state index contributed by atoms with van der Waals surface area (Å²) in [6.45, 7) is 3.93. The van der Waals surface area contributed by atoms with Crippen LogP contribution in [0.4, 0.5) is 5.69 Å². The number of nitrogens with one attached hydrogen (secondary N) is 1. The minimum atomic E-state index is -0.00114. The monoisotopic (exact) mass is 331 g/mol. The summed E-state index contributed by atoms with van der Waals surface area (Å²) in [5.41, 5.74) is 1.91. The Morgan fingerprint density at radius 1 is 1.13 bits per heavy atom. The summed E-state index contributed by atoms with van der Waals surface area (Å²) in [5, 5.41) is 3.66. The number of para-hydroxylation sites is 2. The van der Waals surface area contributed by atoms with E-state index in [1.807, 2.05) is 62.4 Å². The van der Waals surface area contributed by atoms with Gasteiger partial charge >= 0.3 is 0 Å². The first kappa shape index (κ1) is 17.4. The molecular weight excluding hydrogens is 310 g/mol. The van der Waals surface area contributed by atoms with E-state index < -0.39 is 0 Å². The van der Waals surface area contributed by atoms with Crippen LogP contribution in [-0.4, -0.2) is 12.0 Å². The zero-order chi connectivity index (χ0) is 16.7. The number of halogens is 1. The maximum absolute atomic E-state index is 12.1. The lowest BCUT2D eigenvalue weighted by molar-refractivity contribution is -0.116. The van der Waals surface area contributed by atoms with Gasteiger partial charge in [0, 0.05) is 11.4 Å². The van der Waals surface area contributed by atoms with Crippen molar-refractivity contribution in [1.29, 1.82) is 0 Å². The van der Waals surface area contributed by atoms with E-state index in [0.717, 1.165) is 23.6 Å². The second-order valence-corrected chi connectivity index (χ2v) is 6.13. The topological polar surface area (TPSA) is 38.3 Å². The van der Waals surface area contributed by atoms with E-state index in [1.54, 1.807) is 0 Å². The summed E-state index contributed by atoms with van der Waals surface area (Å²) in [5.74, 6) is 0.701. The Kier molecular flexibility index (Phi) is 6.48. The maximum Gasteiger partial charge on any atom is 0.224 e. The third-order valence-corrected chi connectivity index (χ3v) is 3.56. The number of hydrogen-bond donors (Lipinski definition) is 1. The van der Waals surface area contributed by atoms with Crippen molar-refractivity contribution in [2.45, 2.75) is 39.2 Å². The highest BCUT2D eigenvalue weighted by Crippen LogP contribution is 2.25. The fourth-order valence-corrected chi connectivity index (χ4v) is 2.37. The molecule has 0 spiro atoms. The van der Waals surface area contributed by atoms with Crippen molar-refractivity contribution in [3.8, 4) is 5.75 Å². The van der Waals surface area contributed by atoms with Crippen LogP contribution < -0.4 is 10.1 Å². The Bertz CT molecular complexity index is 638. The molecule has 0 saturated heterocycles. The van der Waals surface area contributed by atoms with Crippen molar-refractivity contribution in [1.82, 2.24) is 0 Å². The molecule has 2 aromatic carbocycles. The molecule has 122 valence electrons. The van der Waals surface area contributed by atoms with Gasteiger partial charge in [-0.1, -0.05) is 35.9 Å². The highest BCUT2D eigenvalue weighted by molar-refractivity contribution is 6.30. The minimum absolute atomic E-state index is 0.00114. The van der Waals surface area contributed by atoms with E-state index in [9.17, 15) is 4.79 Å². The molecule has 2 aromatic rings. The molecule has 0 fully saturated rings. The molecule has 0 aliphatic carbocycles. The highest BCUT2D eigenvalue weighted by atomic mass is 35.5. The fraction of sp³-hybridized carbons (Fsp3) is 0.316. The molecule has 0 aromatic heterocycles. The van der Waals surface area contributed by atoms with Crippen LogP contribution in [0.15, 0.2) is 48.5 Å². The van der Waals surface area contributed by atoms with E-state index in [0.29, 0.717) is 12.2 Å².